The van der Waals surface area contributed by atoms with Crippen molar-refractivity contribution in [3.8, 4) is 0 Å². The first-order chi connectivity index (χ1) is 13.6. The highest BCUT2D eigenvalue weighted by atomic mass is 32.1. The van der Waals surface area contributed by atoms with Gasteiger partial charge in [0.25, 0.3) is 0 Å². The van der Waals surface area contributed by atoms with Gasteiger partial charge in [0.2, 0.25) is 10.9 Å². The Balaban J connectivity index is 1.26. The van der Waals surface area contributed by atoms with Gasteiger partial charge in [-0.3, -0.25) is 9.69 Å². The maximum atomic E-state index is 13.3. The van der Waals surface area contributed by atoms with Crippen molar-refractivity contribution in [1.29, 1.82) is 0 Å². The fraction of sp³-hybridized carbons (Fsp3) is 0.750. The second kappa shape index (κ2) is 7.39. The Bertz CT molecular complexity index is 825. The van der Waals surface area contributed by atoms with Crippen molar-refractivity contribution in [3.05, 3.63) is 16.9 Å². The predicted molar refractivity (Wildman–Crippen MR) is 109 cm³/mol. The number of fused-ring (bicyclic) bond motifs is 2. The Morgan fingerprint density at radius 2 is 2.14 bits per heavy atom. The molecule has 2 aromatic heterocycles. The normalized spacial score (nSPS) is 28.8. The molecule has 1 aliphatic carbocycles. The molecule has 28 heavy (non-hydrogen) atoms. The molecule has 5 rings (SSSR count). The summed E-state index contributed by atoms with van der Waals surface area (Å²) < 4.78 is 1.81. The number of amides is 1. The number of nitrogens with zero attached hydrogens (tertiary/aromatic N) is 4. The first-order valence-corrected chi connectivity index (χ1v) is 11.6. The molecule has 8 heteroatoms. The monoisotopic (exact) mass is 402 g/mol. The Hall–Kier alpha value is -1.51. The summed E-state index contributed by atoms with van der Waals surface area (Å²) in [6, 6.07) is 1.10. The van der Waals surface area contributed by atoms with Crippen LogP contribution in [0.1, 0.15) is 62.1 Å². The molecule has 2 saturated heterocycles. The van der Waals surface area contributed by atoms with Crippen LogP contribution in [0, 0.1) is 6.92 Å². The van der Waals surface area contributed by atoms with E-state index in [0.29, 0.717) is 18.6 Å². The van der Waals surface area contributed by atoms with Gasteiger partial charge in [-0.05, 0) is 52.0 Å². The molecular weight excluding hydrogens is 372 g/mol. The van der Waals surface area contributed by atoms with Gasteiger partial charge in [0.1, 0.15) is 10.5 Å². The molecule has 1 saturated carbocycles. The van der Waals surface area contributed by atoms with Crippen molar-refractivity contribution in [3.63, 3.8) is 0 Å². The average molecular weight is 403 g/mol. The predicted octanol–water partition coefficient (Wildman–Crippen LogP) is 2.24. The Morgan fingerprint density at radius 3 is 2.96 bits per heavy atom. The maximum absolute atomic E-state index is 13.3. The molecule has 1 amide bonds. The van der Waals surface area contributed by atoms with Crippen LogP contribution in [0.4, 0.5) is 0 Å². The fourth-order valence-corrected chi connectivity index (χ4v) is 6.22. The van der Waals surface area contributed by atoms with Crippen LogP contribution in [0.5, 0.6) is 0 Å². The van der Waals surface area contributed by atoms with Gasteiger partial charge in [-0.2, -0.15) is 5.10 Å². The standard InChI is InChI=1S/C20H30N6OS/c1-14-24-26-13-17(23-19(26)28-14)11-21-18(27)20-8-4-5-9-25(20)12-16(10-20)22-15-6-2-3-7-15/h13,15-16,22H,2-12H2,1H3,(H,21,27)/t16-,20-/m0/s1. The minimum Gasteiger partial charge on any atom is -0.349 e. The maximum Gasteiger partial charge on any atom is 0.240 e. The number of hydrogen-bond acceptors (Lipinski definition) is 6. The van der Waals surface area contributed by atoms with Crippen LogP contribution >= 0.6 is 11.3 Å². The third-order valence-corrected chi connectivity index (χ3v) is 7.61. The van der Waals surface area contributed by atoms with Crippen molar-refractivity contribution in [2.75, 3.05) is 13.1 Å². The van der Waals surface area contributed by atoms with Crippen LogP contribution in [-0.2, 0) is 11.3 Å². The van der Waals surface area contributed by atoms with Crippen LogP contribution in [0.3, 0.4) is 0 Å². The summed E-state index contributed by atoms with van der Waals surface area (Å²) in [7, 11) is 0. The number of rotatable bonds is 5. The molecule has 0 spiro atoms. The number of aromatic nitrogens is 3. The third kappa shape index (κ3) is 3.35. The minimum atomic E-state index is -0.333. The molecular formula is C20H30N6OS. The van der Waals surface area contributed by atoms with E-state index in [9.17, 15) is 4.79 Å². The molecule has 152 valence electrons. The topological polar surface area (TPSA) is 74.6 Å². The number of imidazole rings is 1. The molecule has 0 aromatic carbocycles. The van der Waals surface area contributed by atoms with Crippen molar-refractivity contribution in [2.24, 2.45) is 0 Å². The van der Waals surface area contributed by atoms with E-state index in [4.69, 9.17) is 0 Å². The molecule has 3 fully saturated rings. The quantitative estimate of drug-likeness (QED) is 0.802. The van der Waals surface area contributed by atoms with E-state index in [2.05, 4.69) is 25.6 Å². The van der Waals surface area contributed by atoms with Crippen LogP contribution in [0.25, 0.3) is 4.96 Å². The molecule has 0 radical (unpaired) electrons. The highest BCUT2D eigenvalue weighted by Gasteiger charge is 2.52. The summed E-state index contributed by atoms with van der Waals surface area (Å²) in [5.74, 6) is 0.184. The molecule has 7 nitrogen and oxygen atoms in total. The smallest absolute Gasteiger partial charge is 0.240 e. The molecule has 2 aliphatic heterocycles. The summed E-state index contributed by atoms with van der Waals surface area (Å²) in [4.78, 5) is 21.3. The number of piperidine rings is 1. The molecule has 4 heterocycles. The molecule has 3 aliphatic rings. The third-order valence-electron chi connectivity index (χ3n) is 6.77. The van der Waals surface area contributed by atoms with E-state index in [1.165, 1.54) is 32.1 Å². The Labute approximate surface area is 169 Å². The second-order valence-electron chi connectivity index (χ2n) is 8.75. The van der Waals surface area contributed by atoms with Gasteiger partial charge in [-0.15, -0.1) is 0 Å². The summed E-state index contributed by atoms with van der Waals surface area (Å²) >= 11 is 1.58. The fourth-order valence-electron chi connectivity index (χ4n) is 5.48. The van der Waals surface area contributed by atoms with Gasteiger partial charge in [0, 0.05) is 18.6 Å². The number of aryl methyl sites for hydroxylation is 1. The van der Waals surface area contributed by atoms with Crippen molar-refractivity contribution in [2.45, 2.75) is 82.5 Å². The van der Waals surface area contributed by atoms with Crippen LogP contribution in [0.2, 0.25) is 0 Å². The van der Waals surface area contributed by atoms with Crippen molar-refractivity contribution in [1.82, 2.24) is 30.1 Å². The molecule has 2 N–H and O–H groups in total. The Morgan fingerprint density at radius 1 is 1.29 bits per heavy atom. The summed E-state index contributed by atoms with van der Waals surface area (Å²) in [6.07, 6.45) is 11.5. The molecule has 0 unspecified atom stereocenters. The molecule has 2 atom stereocenters. The highest BCUT2D eigenvalue weighted by Crippen LogP contribution is 2.38. The lowest BCUT2D eigenvalue weighted by Gasteiger charge is -2.40. The van der Waals surface area contributed by atoms with Gasteiger partial charge in [-0.1, -0.05) is 24.2 Å². The second-order valence-corrected chi connectivity index (χ2v) is 9.91. The number of hydrogen-bond donors (Lipinski definition) is 2. The summed E-state index contributed by atoms with van der Waals surface area (Å²) in [5, 5.41) is 12.5. The van der Waals surface area contributed by atoms with E-state index < -0.39 is 0 Å². The molecule has 0 bridgehead atoms. The Kier molecular flexibility index (Phi) is 4.88. The highest BCUT2D eigenvalue weighted by molar-refractivity contribution is 7.16. The first kappa shape index (κ1) is 18.5. The van der Waals surface area contributed by atoms with E-state index >= 15 is 0 Å². The zero-order chi connectivity index (χ0) is 19.1. The average Bonchev–Trinajstić information content (AvgIpc) is 3.42. The van der Waals surface area contributed by atoms with Crippen LogP contribution in [0.15, 0.2) is 6.20 Å². The van der Waals surface area contributed by atoms with Gasteiger partial charge < -0.3 is 10.6 Å². The van der Waals surface area contributed by atoms with Gasteiger partial charge in [-0.25, -0.2) is 9.50 Å². The SMILES string of the molecule is Cc1nn2cc(CNC(=O)[C@@]34CCCCN3C[C@@H](NC3CCCC3)C4)nc2s1. The van der Waals surface area contributed by atoms with E-state index in [1.807, 2.05) is 17.6 Å². The number of carbonyl (C=O) groups is 1. The first-order valence-electron chi connectivity index (χ1n) is 10.7. The van der Waals surface area contributed by atoms with E-state index in [0.717, 1.165) is 48.0 Å². The summed E-state index contributed by atoms with van der Waals surface area (Å²) in [6.45, 7) is 4.50. The van der Waals surface area contributed by atoms with Crippen molar-refractivity contribution >= 4 is 22.2 Å². The number of nitrogens with one attached hydrogen (secondary N) is 2. The van der Waals surface area contributed by atoms with Gasteiger partial charge in [0.05, 0.1) is 18.4 Å². The number of carbonyl (C=O) groups excluding carboxylic acids is 1. The lowest BCUT2D eigenvalue weighted by atomic mass is 9.84. The van der Waals surface area contributed by atoms with Gasteiger partial charge in [0.15, 0.2) is 0 Å². The molecule has 2 aromatic rings. The van der Waals surface area contributed by atoms with Crippen LogP contribution < -0.4 is 10.6 Å². The summed E-state index contributed by atoms with van der Waals surface area (Å²) in [5.41, 5.74) is 0.546. The zero-order valence-electron chi connectivity index (χ0n) is 16.6. The van der Waals surface area contributed by atoms with E-state index in [-0.39, 0.29) is 11.4 Å². The minimum absolute atomic E-state index is 0.184. The van der Waals surface area contributed by atoms with Crippen LogP contribution in [-0.4, -0.2) is 56.1 Å². The van der Waals surface area contributed by atoms with Crippen molar-refractivity contribution < 1.29 is 4.79 Å². The van der Waals surface area contributed by atoms with E-state index in [1.54, 1.807) is 11.3 Å². The lowest BCUT2D eigenvalue weighted by molar-refractivity contribution is -0.134. The van der Waals surface area contributed by atoms with Gasteiger partial charge >= 0.3 is 0 Å². The largest absolute Gasteiger partial charge is 0.349 e. The zero-order valence-corrected chi connectivity index (χ0v) is 17.4. The lowest BCUT2D eigenvalue weighted by Crippen LogP contribution is -2.57.